The number of hydrogen-bond donors (Lipinski definition) is 2. The zero-order valence-electron chi connectivity index (χ0n) is 10.3. The number of carbonyl (C=O) groups is 2. The van der Waals surface area contributed by atoms with Gasteiger partial charge >= 0.3 is 5.97 Å². The Balaban J connectivity index is 1.92. The van der Waals surface area contributed by atoms with Crippen LogP contribution in [0.4, 0.5) is 5.69 Å². The first kappa shape index (κ1) is 14.0. The number of carboxylic acids is 1. The Morgan fingerprint density at radius 1 is 1.26 bits per heavy atom. The minimum atomic E-state index is -0.754. The molecule has 2 N–H and O–H groups in total. The highest BCUT2D eigenvalue weighted by atomic mass is 79.9. The number of halogens is 1. The maximum atomic E-state index is 12.1. The lowest BCUT2D eigenvalue weighted by Gasteiger charge is -2.25. The number of amides is 1. The molecule has 0 aliphatic heterocycles. The number of hydrogen-bond acceptors (Lipinski definition) is 3. The summed E-state index contributed by atoms with van der Waals surface area (Å²) in [4.78, 5) is 26.9. The van der Waals surface area contributed by atoms with Gasteiger partial charge < -0.3 is 10.4 Å². The summed E-state index contributed by atoms with van der Waals surface area (Å²) in [6, 6.07) is 1.73. The van der Waals surface area contributed by atoms with Crippen molar-refractivity contribution < 1.29 is 14.7 Å². The summed E-state index contributed by atoms with van der Waals surface area (Å²) < 4.78 is 0.738. The molecule has 0 aromatic carbocycles. The number of anilines is 1. The van der Waals surface area contributed by atoms with E-state index in [2.05, 4.69) is 26.2 Å². The van der Waals surface area contributed by atoms with E-state index < -0.39 is 5.97 Å². The third kappa shape index (κ3) is 3.53. The minimum Gasteiger partial charge on any atom is -0.481 e. The Kier molecular flexibility index (Phi) is 4.52. The van der Waals surface area contributed by atoms with Crippen molar-refractivity contribution in [3.63, 3.8) is 0 Å². The number of nitrogens with one attached hydrogen (secondary N) is 1. The fourth-order valence-corrected chi connectivity index (χ4v) is 2.66. The lowest BCUT2D eigenvalue weighted by atomic mass is 9.81. The Bertz CT molecular complexity index is 485. The molecule has 0 atom stereocenters. The zero-order valence-corrected chi connectivity index (χ0v) is 11.9. The molecule has 6 heteroatoms. The molecule has 0 spiro atoms. The maximum Gasteiger partial charge on any atom is 0.306 e. The lowest BCUT2D eigenvalue weighted by molar-refractivity contribution is -0.143. The average Bonchev–Trinajstić information content (AvgIpc) is 2.41. The lowest BCUT2D eigenvalue weighted by Crippen LogP contribution is -2.29. The van der Waals surface area contributed by atoms with Crippen LogP contribution in [0.1, 0.15) is 25.7 Å². The SMILES string of the molecule is O=C(O)C1CCC(C(=O)Nc2ccncc2Br)CC1. The quantitative estimate of drug-likeness (QED) is 0.894. The smallest absolute Gasteiger partial charge is 0.306 e. The van der Waals surface area contributed by atoms with Gasteiger partial charge in [0.05, 0.1) is 16.1 Å². The molecule has 102 valence electrons. The monoisotopic (exact) mass is 326 g/mol. The number of nitrogens with zero attached hydrogens (tertiary/aromatic N) is 1. The van der Waals surface area contributed by atoms with Crippen molar-refractivity contribution in [2.24, 2.45) is 11.8 Å². The topological polar surface area (TPSA) is 79.3 Å². The second-order valence-electron chi connectivity index (χ2n) is 4.73. The van der Waals surface area contributed by atoms with Crippen molar-refractivity contribution in [3.05, 3.63) is 22.9 Å². The molecule has 2 rings (SSSR count). The molecular weight excluding hydrogens is 312 g/mol. The maximum absolute atomic E-state index is 12.1. The molecule has 19 heavy (non-hydrogen) atoms. The molecule has 1 aromatic heterocycles. The predicted octanol–water partition coefficient (Wildman–Crippen LogP) is 2.67. The fourth-order valence-electron chi connectivity index (χ4n) is 2.31. The predicted molar refractivity (Wildman–Crippen MR) is 73.7 cm³/mol. The van der Waals surface area contributed by atoms with Gasteiger partial charge in [-0.05, 0) is 47.7 Å². The Hall–Kier alpha value is -1.43. The molecule has 1 heterocycles. The molecular formula is C13H15BrN2O3. The number of rotatable bonds is 3. The van der Waals surface area contributed by atoms with Gasteiger partial charge in [-0.3, -0.25) is 14.6 Å². The fraction of sp³-hybridized carbons (Fsp3) is 0.462. The van der Waals surface area contributed by atoms with Gasteiger partial charge in [0.2, 0.25) is 5.91 Å². The molecule has 0 radical (unpaired) electrons. The molecule has 1 fully saturated rings. The molecule has 1 amide bonds. The van der Waals surface area contributed by atoms with E-state index in [1.807, 2.05) is 0 Å². The van der Waals surface area contributed by atoms with Gasteiger partial charge in [-0.2, -0.15) is 0 Å². The summed E-state index contributed by atoms with van der Waals surface area (Å²) >= 11 is 3.32. The summed E-state index contributed by atoms with van der Waals surface area (Å²) in [7, 11) is 0. The highest BCUT2D eigenvalue weighted by molar-refractivity contribution is 9.10. The Morgan fingerprint density at radius 3 is 2.47 bits per heavy atom. The van der Waals surface area contributed by atoms with Gasteiger partial charge in [0.15, 0.2) is 0 Å². The van der Waals surface area contributed by atoms with Gasteiger partial charge in [0, 0.05) is 18.3 Å². The van der Waals surface area contributed by atoms with Crippen LogP contribution in [0.15, 0.2) is 22.9 Å². The van der Waals surface area contributed by atoms with E-state index in [1.54, 1.807) is 18.5 Å². The second-order valence-corrected chi connectivity index (χ2v) is 5.59. The van der Waals surface area contributed by atoms with E-state index in [-0.39, 0.29) is 17.7 Å². The van der Waals surface area contributed by atoms with Crippen LogP contribution in [0, 0.1) is 11.8 Å². The first-order chi connectivity index (χ1) is 9.08. The van der Waals surface area contributed by atoms with Crippen molar-refractivity contribution >= 4 is 33.5 Å². The van der Waals surface area contributed by atoms with Crippen LogP contribution in [0.2, 0.25) is 0 Å². The molecule has 1 aliphatic rings. The highest BCUT2D eigenvalue weighted by Gasteiger charge is 2.29. The number of carboxylic acid groups (broad SMARTS) is 1. The molecule has 1 saturated carbocycles. The van der Waals surface area contributed by atoms with Crippen molar-refractivity contribution in [1.29, 1.82) is 0 Å². The minimum absolute atomic E-state index is 0.0456. The van der Waals surface area contributed by atoms with E-state index in [9.17, 15) is 9.59 Å². The molecule has 5 nitrogen and oxygen atoms in total. The van der Waals surface area contributed by atoms with Crippen LogP contribution < -0.4 is 5.32 Å². The third-order valence-corrected chi connectivity index (χ3v) is 4.11. The van der Waals surface area contributed by atoms with Crippen molar-refractivity contribution in [1.82, 2.24) is 4.98 Å². The van der Waals surface area contributed by atoms with Crippen molar-refractivity contribution in [3.8, 4) is 0 Å². The zero-order chi connectivity index (χ0) is 13.8. The van der Waals surface area contributed by atoms with Crippen LogP contribution in [0.3, 0.4) is 0 Å². The van der Waals surface area contributed by atoms with Gasteiger partial charge in [0.25, 0.3) is 0 Å². The van der Waals surface area contributed by atoms with Crippen molar-refractivity contribution in [2.75, 3.05) is 5.32 Å². The summed E-state index contributed by atoms with van der Waals surface area (Å²) in [5.41, 5.74) is 0.695. The molecule has 0 saturated heterocycles. The summed E-state index contributed by atoms with van der Waals surface area (Å²) in [6.07, 6.45) is 5.64. The highest BCUT2D eigenvalue weighted by Crippen LogP contribution is 2.30. The van der Waals surface area contributed by atoms with Gasteiger partial charge in [0.1, 0.15) is 0 Å². The molecule has 1 aliphatic carbocycles. The van der Waals surface area contributed by atoms with Crippen molar-refractivity contribution in [2.45, 2.75) is 25.7 Å². The van der Waals surface area contributed by atoms with Gasteiger partial charge in [-0.15, -0.1) is 0 Å². The van der Waals surface area contributed by atoms with Crippen LogP contribution in [0.5, 0.6) is 0 Å². The van der Waals surface area contributed by atoms with E-state index >= 15 is 0 Å². The summed E-state index contributed by atoms with van der Waals surface area (Å²) in [5.74, 6) is -1.20. The van der Waals surface area contributed by atoms with E-state index in [1.165, 1.54) is 0 Å². The number of aliphatic carboxylic acids is 1. The first-order valence-electron chi connectivity index (χ1n) is 6.21. The average molecular weight is 327 g/mol. The Morgan fingerprint density at radius 2 is 1.89 bits per heavy atom. The second kappa shape index (κ2) is 6.14. The van der Waals surface area contributed by atoms with Crippen LogP contribution in [-0.4, -0.2) is 22.0 Å². The summed E-state index contributed by atoms with van der Waals surface area (Å²) in [6.45, 7) is 0. The van der Waals surface area contributed by atoms with E-state index in [4.69, 9.17) is 5.11 Å². The van der Waals surface area contributed by atoms with E-state index in [0.717, 1.165) is 4.47 Å². The standard InChI is InChI=1S/C13H15BrN2O3/c14-10-7-15-6-5-11(10)16-12(17)8-1-3-9(4-2-8)13(18)19/h5-9H,1-4H2,(H,18,19)(H,15,16,17). The third-order valence-electron chi connectivity index (χ3n) is 3.48. The molecule has 0 bridgehead atoms. The molecule has 1 aromatic rings. The Labute approximate surface area is 119 Å². The van der Waals surface area contributed by atoms with Crippen LogP contribution in [-0.2, 0) is 9.59 Å². The number of aromatic nitrogens is 1. The van der Waals surface area contributed by atoms with E-state index in [0.29, 0.717) is 31.4 Å². The van der Waals surface area contributed by atoms with Gasteiger partial charge in [-0.25, -0.2) is 0 Å². The van der Waals surface area contributed by atoms with Crippen LogP contribution in [0.25, 0.3) is 0 Å². The van der Waals surface area contributed by atoms with Crippen LogP contribution >= 0.6 is 15.9 Å². The largest absolute Gasteiger partial charge is 0.481 e. The summed E-state index contributed by atoms with van der Waals surface area (Å²) in [5, 5.41) is 11.8. The molecule has 0 unspecified atom stereocenters. The number of carbonyl (C=O) groups excluding carboxylic acids is 1. The normalized spacial score (nSPS) is 22.8. The number of pyridine rings is 1. The van der Waals surface area contributed by atoms with Gasteiger partial charge in [-0.1, -0.05) is 0 Å². The first-order valence-corrected chi connectivity index (χ1v) is 7.00.